The van der Waals surface area contributed by atoms with Crippen LogP contribution in [0.5, 0.6) is 0 Å². The summed E-state index contributed by atoms with van der Waals surface area (Å²) in [4.78, 5) is 23.9. The van der Waals surface area contributed by atoms with Crippen LogP contribution in [-0.2, 0) is 11.3 Å². The molecule has 150 valence electrons. The van der Waals surface area contributed by atoms with Crippen molar-refractivity contribution in [3.05, 3.63) is 30.1 Å². The molecule has 2 aliphatic heterocycles. The molecule has 6 heteroatoms. The lowest BCUT2D eigenvalue weighted by Crippen LogP contribution is -2.51. The Labute approximate surface area is 163 Å². The zero-order valence-electron chi connectivity index (χ0n) is 16.9. The van der Waals surface area contributed by atoms with Crippen LogP contribution in [0.1, 0.15) is 31.2 Å². The Morgan fingerprint density at radius 1 is 1.22 bits per heavy atom. The first kappa shape index (κ1) is 20.2. The fraction of sp³-hybridized carbons (Fsp3) is 0.714. The number of likely N-dealkylation sites (N-methyl/N-ethyl adjacent to an activating group) is 2. The van der Waals surface area contributed by atoms with E-state index < -0.39 is 0 Å². The minimum absolute atomic E-state index is 0.176. The molecule has 1 atom stereocenters. The van der Waals surface area contributed by atoms with Gasteiger partial charge in [-0.05, 0) is 70.1 Å². The van der Waals surface area contributed by atoms with E-state index in [0.29, 0.717) is 11.9 Å². The fourth-order valence-electron chi connectivity index (χ4n) is 4.43. The molecule has 0 aliphatic carbocycles. The van der Waals surface area contributed by atoms with E-state index in [4.69, 9.17) is 0 Å². The van der Waals surface area contributed by atoms with E-state index in [1.54, 1.807) is 0 Å². The molecule has 1 amide bonds. The average Bonchev–Trinajstić information content (AvgIpc) is 2.73. The van der Waals surface area contributed by atoms with Crippen molar-refractivity contribution in [2.45, 2.75) is 38.3 Å². The number of rotatable bonds is 7. The highest BCUT2D eigenvalue weighted by Crippen LogP contribution is 2.25. The molecule has 3 heterocycles. The maximum absolute atomic E-state index is 12.7. The molecular formula is C21H35N5O. The highest BCUT2D eigenvalue weighted by Gasteiger charge is 2.32. The van der Waals surface area contributed by atoms with Crippen molar-refractivity contribution in [3.8, 4) is 0 Å². The van der Waals surface area contributed by atoms with Crippen LogP contribution in [0.2, 0.25) is 0 Å². The first-order valence-corrected chi connectivity index (χ1v) is 10.4. The SMILES string of the molecule is CNCCN(C)C(=O)[C@H]1CCCN(C2CCN(Cc3ccncc3)CC2)C1. The molecule has 0 bridgehead atoms. The quantitative estimate of drug-likeness (QED) is 0.784. The molecule has 6 nitrogen and oxygen atoms in total. The van der Waals surface area contributed by atoms with Gasteiger partial charge in [-0.1, -0.05) is 0 Å². The number of hydrogen-bond donors (Lipinski definition) is 1. The molecule has 0 unspecified atom stereocenters. The molecule has 0 aromatic carbocycles. The summed E-state index contributed by atoms with van der Waals surface area (Å²) in [6.07, 6.45) is 8.36. The summed E-state index contributed by atoms with van der Waals surface area (Å²) >= 11 is 0. The summed E-state index contributed by atoms with van der Waals surface area (Å²) in [5.41, 5.74) is 1.34. The Kier molecular flexibility index (Phi) is 7.61. The van der Waals surface area contributed by atoms with Crippen LogP contribution in [0.3, 0.4) is 0 Å². The highest BCUT2D eigenvalue weighted by atomic mass is 16.2. The number of hydrogen-bond acceptors (Lipinski definition) is 5. The largest absolute Gasteiger partial charge is 0.344 e. The van der Waals surface area contributed by atoms with Crippen LogP contribution in [0.15, 0.2) is 24.5 Å². The van der Waals surface area contributed by atoms with Crippen LogP contribution >= 0.6 is 0 Å². The monoisotopic (exact) mass is 373 g/mol. The number of piperidine rings is 2. The normalized spacial score (nSPS) is 22.7. The lowest BCUT2D eigenvalue weighted by atomic mass is 9.93. The van der Waals surface area contributed by atoms with E-state index in [9.17, 15) is 4.79 Å². The van der Waals surface area contributed by atoms with Crippen molar-refractivity contribution >= 4 is 5.91 Å². The second kappa shape index (κ2) is 10.2. The number of carbonyl (C=O) groups is 1. The smallest absolute Gasteiger partial charge is 0.226 e. The molecule has 2 aliphatic rings. The molecule has 1 N–H and O–H groups in total. The molecule has 2 saturated heterocycles. The standard InChI is InChI=1S/C21H35N5O/c1-22-11-15-24(2)21(27)19-4-3-12-26(17-19)20-7-13-25(14-8-20)16-18-5-9-23-10-6-18/h5-6,9-10,19-20,22H,3-4,7-8,11-17H2,1-2H3/t19-/m0/s1. The molecule has 3 rings (SSSR count). The molecule has 1 aromatic rings. The van der Waals surface area contributed by atoms with Crippen LogP contribution in [0.4, 0.5) is 0 Å². The summed E-state index contributed by atoms with van der Waals surface area (Å²) in [6, 6.07) is 4.85. The van der Waals surface area contributed by atoms with Gasteiger partial charge in [-0.3, -0.25) is 19.6 Å². The molecule has 2 fully saturated rings. The summed E-state index contributed by atoms with van der Waals surface area (Å²) in [5, 5.41) is 3.13. The van der Waals surface area contributed by atoms with Gasteiger partial charge in [-0.15, -0.1) is 0 Å². The van der Waals surface area contributed by atoms with Crippen LogP contribution in [0, 0.1) is 5.92 Å². The lowest BCUT2D eigenvalue weighted by molar-refractivity contribution is -0.136. The molecule has 27 heavy (non-hydrogen) atoms. The van der Waals surface area contributed by atoms with Gasteiger partial charge < -0.3 is 10.2 Å². The highest BCUT2D eigenvalue weighted by molar-refractivity contribution is 5.78. The van der Waals surface area contributed by atoms with Crippen molar-refractivity contribution in [1.82, 2.24) is 25.0 Å². The van der Waals surface area contributed by atoms with E-state index >= 15 is 0 Å². The van der Waals surface area contributed by atoms with E-state index in [1.807, 2.05) is 31.4 Å². The van der Waals surface area contributed by atoms with Gasteiger partial charge in [-0.2, -0.15) is 0 Å². The summed E-state index contributed by atoms with van der Waals surface area (Å²) in [5.74, 6) is 0.500. The first-order valence-electron chi connectivity index (χ1n) is 10.4. The Hall–Kier alpha value is -1.50. The van der Waals surface area contributed by atoms with Crippen LogP contribution < -0.4 is 5.32 Å². The van der Waals surface area contributed by atoms with Gasteiger partial charge in [0.05, 0.1) is 5.92 Å². The molecule has 1 aromatic heterocycles. The van der Waals surface area contributed by atoms with Crippen molar-refractivity contribution in [3.63, 3.8) is 0 Å². The third-order valence-corrected chi connectivity index (χ3v) is 6.10. The number of carbonyl (C=O) groups excluding carboxylic acids is 1. The van der Waals surface area contributed by atoms with Gasteiger partial charge >= 0.3 is 0 Å². The molecule has 0 spiro atoms. The van der Waals surface area contributed by atoms with Gasteiger partial charge in [0.15, 0.2) is 0 Å². The second-order valence-corrected chi connectivity index (χ2v) is 8.06. The van der Waals surface area contributed by atoms with E-state index in [1.165, 1.54) is 18.4 Å². The molecular weight excluding hydrogens is 338 g/mol. The summed E-state index contributed by atoms with van der Waals surface area (Å²) in [6.45, 7) is 7.05. The van der Waals surface area contributed by atoms with Gasteiger partial charge in [0.25, 0.3) is 0 Å². The van der Waals surface area contributed by atoms with E-state index in [-0.39, 0.29) is 5.92 Å². The van der Waals surface area contributed by atoms with Gasteiger partial charge in [0.1, 0.15) is 0 Å². The number of amides is 1. The Bertz CT molecular complexity index is 573. The number of pyridine rings is 1. The zero-order valence-corrected chi connectivity index (χ0v) is 16.9. The second-order valence-electron chi connectivity index (χ2n) is 8.06. The maximum Gasteiger partial charge on any atom is 0.226 e. The Balaban J connectivity index is 1.46. The minimum Gasteiger partial charge on any atom is -0.344 e. The topological polar surface area (TPSA) is 51.7 Å². The van der Waals surface area contributed by atoms with E-state index in [2.05, 4.69) is 32.2 Å². The average molecular weight is 374 g/mol. The van der Waals surface area contributed by atoms with Crippen molar-refractivity contribution in [2.24, 2.45) is 5.92 Å². The molecule has 0 saturated carbocycles. The van der Waals surface area contributed by atoms with Crippen molar-refractivity contribution in [1.29, 1.82) is 0 Å². The zero-order chi connectivity index (χ0) is 19.1. The predicted molar refractivity (Wildman–Crippen MR) is 108 cm³/mol. The number of nitrogens with zero attached hydrogens (tertiary/aromatic N) is 4. The van der Waals surface area contributed by atoms with Gasteiger partial charge in [0, 0.05) is 51.7 Å². The van der Waals surface area contributed by atoms with Crippen molar-refractivity contribution in [2.75, 3.05) is 53.4 Å². The van der Waals surface area contributed by atoms with Gasteiger partial charge in [0.2, 0.25) is 5.91 Å². The maximum atomic E-state index is 12.7. The van der Waals surface area contributed by atoms with E-state index in [0.717, 1.165) is 58.7 Å². The number of likely N-dealkylation sites (tertiary alicyclic amines) is 2. The number of nitrogens with one attached hydrogen (secondary N) is 1. The number of aromatic nitrogens is 1. The third-order valence-electron chi connectivity index (χ3n) is 6.10. The van der Waals surface area contributed by atoms with Gasteiger partial charge in [-0.25, -0.2) is 0 Å². The summed E-state index contributed by atoms with van der Waals surface area (Å²) in [7, 11) is 3.87. The Morgan fingerprint density at radius 3 is 2.67 bits per heavy atom. The fourth-order valence-corrected chi connectivity index (χ4v) is 4.43. The van der Waals surface area contributed by atoms with Crippen molar-refractivity contribution < 1.29 is 4.79 Å². The summed E-state index contributed by atoms with van der Waals surface area (Å²) < 4.78 is 0. The molecule has 0 radical (unpaired) electrons. The third kappa shape index (κ3) is 5.74. The lowest BCUT2D eigenvalue weighted by Gasteiger charge is -2.42. The van der Waals surface area contributed by atoms with Crippen LogP contribution in [0.25, 0.3) is 0 Å². The minimum atomic E-state index is 0.176. The first-order chi connectivity index (χ1) is 13.2. The Morgan fingerprint density at radius 2 is 1.96 bits per heavy atom. The predicted octanol–water partition coefficient (Wildman–Crippen LogP) is 1.44. The van der Waals surface area contributed by atoms with Crippen LogP contribution in [-0.4, -0.2) is 85.0 Å².